The Morgan fingerprint density at radius 3 is 2.12 bits per heavy atom. The first-order chi connectivity index (χ1) is 11.3. The van der Waals surface area contributed by atoms with Crippen molar-refractivity contribution in [3.8, 4) is 0 Å². The van der Waals surface area contributed by atoms with Crippen LogP contribution in [-0.4, -0.2) is 27.1 Å². The summed E-state index contributed by atoms with van der Waals surface area (Å²) in [4.78, 5) is 12.2. The molecule has 0 unspecified atom stereocenters. The zero-order chi connectivity index (χ0) is 17.7. The number of anilines is 1. The molecule has 6 heteroatoms. The van der Waals surface area contributed by atoms with Gasteiger partial charge in [-0.3, -0.25) is 9.10 Å². The van der Waals surface area contributed by atoms with Gasteiger partial charge in [-0.15, -0.1) is 0 Å². The van der Waals surface area contributed by atoms with E-state index in [1.54, 1.807) is 31.2 Å². The summed E-state index contributed by atoms with van der Waals surface area (Å²) in [6, 6.07) is 14.5. The first kappa shape index (κ1) is 18.0. The van der Waals surface area contributed by atoms with Crippen molar-refractivity contribution in [2.75, 3.05) is 17.1 Å². The number of hydrogen-bond donors (Lipinski definition) is 1. The fourth-order valence-electron chi connectivity index (χ4n) is 2.38. The molecule has 2 rings (SSSR count). The minimum atomic E-state index is -3.32. The Hall–Kier alpha value is -2.34. The highest BCUT2D eigenvalue weighted by molar-refractivity contribution is 7.92. The van der Waals surface area contributed by atoms with Crippen LogP contribution in [0.1, 0.15) is 28.4 Å². The number of hydrogen-bond acceptors (Lipinski definition) is 3. The molecule has 24 heavy (non-hydrogen) atoms. The van der Waals surface area contributed by atoms with E-state index in [1.807, 2.05) is 31.2 Å². The summed E-state index contributed by atoms with van der Waals surface area (Å²) in [6.45, 7) is 4.58. The molecule has 0 aliphatic rings. The second-order valence-corrected chi connectivity index (χ2v) is 7.55. The predicted molar refractivity (Wildman–Crippen MR) is 96.7 cm³/mol. The van der Waals surface area contributed by atoms with Crippen molar-refractivity contribution in [1.82, 2.24) is 5.32 Å². The van der Waals surface area contributed by atoms with Gasteiger partial charge in [0.1, 0.15) is 0 Å². The number of benzene rings is 2. The highest BCUT2D eigenvalue weighted by Crippen LogP contribution is 2.18. The van der Waals surface area contributed by atoms with E-state index < -0.39 is 10.0 Å². The molecule has 0 spiro atoms. The third-order valence-electron chi connectivity index (χ3n) is 3.68. The highest BCUT2D eigenvalue weighted by atomic mass is 32.2. The summed E-state index contributed by atoms with van der Waals surface area (Å²) < 4.78 is 24.7. The number of amides is 1. The van der Waals surface area contributed by atoms with E-state index in [-0.39, 0.29) is 5.91 Å². The van der Waals surface area contributed by atoms with Crippen LogP contribution in [0.25, 0.3) is 0 Å². The van der Waals surface area contributed by atoms with Gasteiger partial charge in [-0.05, 0) is 43.7 Å². The van der Waals surface area contributed by atoms with Crippen molar-refractivity contribution in [2.24, 2.45) is 0 Å². The largest absolute Gasteiger partial charge is 0.348 e. The number of rotatable bonds is 6. The van der Waals surface area contributed by atoms with Crippen LogP contribution in [0.5, 0.6) is 0 Å². The molecular formula is C18H22N2O3S. The van der Waals surface area contributed by atoms with Crippen molar-refractivity contribution >= 4 is 21.6 Å². The number of sulfonamides is 1. The maximum Gasteiger partial charge on any atom is 0.251 e. The lowest BCUT2D eigenvalue weighted by Gasteiger charge is -2.20. The molecule has 0 aliphatic heterocycles. The molecule has 0 saturated carbocycles. The molecule has 0 bridgehead atoms. The number of aryl methyl sites for hydroxylation is 1. The van der Waals surface area contributed by atoms with Crippen LogP contribution < -0.4 is 9.62 Å². The molecule has 0 aliphatic carbocycles. The molecule has 1 amide bonds. The quantitative estimate of drug-likeness (QED) is 0.874. The SMILES string of the molecule is CCN(c1ccc(C(=O)NCc2ccc(C)cc2)cc1)S(C)(=O)=O. The summed E-state index contributed by atoms with van der Waals surface area (Å²) in [7, 11) is -3.32. The lowest BCUT2D eigenvalue weighted by molar-refractivity contribution is 0.0951. The Bertz CT molecular complexity index is 797. The van der Waals surface area contributed by atoms with E-state index in [1.165, 1.54) is 16.1 Å². The van der Waals surface area contributed by atoms with Crippen LogP contribution in [0.15, 0.2) is 48.5 Å². The zero-order valence-corrected chi connectivity index (χ0v) is 14.9. The second kappa shape index (κ2) is 7.49. The summed E-state index contributed by atoms with van der Waals surface area (Å²) in [5.74, 6) is -0.190. The standard InChI is InChI=1S/C18H22N2O3S/c1-4-20(24(3,22)23)17-11-9-16(10-12-17)18(21)19-13-15-7-5-14(2)6-8-15/h5-12H,4,13H2,1-3H3,(H,19,21). The van der Waals surface area contributed by atoms with Gasteiger partial charge in [0.15, 0.2) is 0 Å². The van der Waals surface area contributed by atoms with Crippen molar-refractivity contribution in [1.29, 1.82) is 0 Å². The van der Waals surface area contributed by atoms with E-state index in [9.17, 15) is 13.2 Å². The fraction of sp³-hybridized carbons (Fsp3) is 0.278. The first-order valence-electron chi connectivity index (χ1n) is 7.73. The maximum absolute atomic E-state index is 12.2. The van der Waals surface area contributed by atoms with Gasteiger partial charge in [-0.2, -0.15) is 0 Å². The van der Waals surface area contributed by atoms with E-state index in [2.05, 4.69) is 5.32 Å². The Morgan fingerprint density at radius 1 is 1.04 bits per heavy atom. The molecule has 0 saturated heterocycles. The molecular weight excluding hydrogens is 324 g/mol. The smallest absolute Gasteiger partial charge is 0.251 e. The van der Waals surface area contributed by atoms with E-state index >= 15 is 0 Å². The lowest BCUT2D eigenvalue weighted by atomic mass is 10.1. The number of carbonyl (C=O) groups excluding carboxylic acids is 1. The van der Waals surface area contributed by atoms with Crippen LogP contribution >= 0.6 is 0 Å². The molecule has 2 aromatic rings. The van der Waals surface area contributed by atoms with Crippen LogP contribution in [-0.2, 0) is 16.6 Å². The Morgan fingerprint density at radius 2 is 1.62 bits per heavy atom. The average Bonchev–Trinajstić information content (AvgIpc) is 2.54. The normalized spacial score (nSPS) is 11.1. The fourth-order valence-corrected chi connectivity index (χ4v) is 3.35. The van der Waals surface area contributed by atoms with E-state index in [0.29, 0.717) is 24.3 Å². The van der Waals surface area contributed by atoms with Crippen LogP contribution in [0, 0.1) is 6.92 Å². The first-order valence-corrected chi connectivity index (χ1v) is 9.57. The van der Waals surface area contributed by atoms with Gasteiger partial charge in [0.2, 0.25) is 10.0 Å². The van der Waals surface area contributed by atoms with Crippen LogP contribution in [0.4, 0.5) is 5.69 Å². The molecule has 1 N–H and O–H groups in total. The number of nitrogens with one attached hydrogen (secondary N) is 1. The summed E-state index contributed by atoms with van der Waals surface area (Å²) in [6.07, 6.45) is 1.17. The van der Waals surface area contributed by atoms with E-state index in [4.69, 9.17) is 0 Å². The molecule has 0 fully saturated rings. The van der Waals surface area contributed by atoms with Gasteiger partial charge in [-0.1, -0.05) is 29.8 Å². The van der Waals surface area contributed by atoms with Crippen molar-refractivity contribution < 1.29 is 13.2 Å². The molecule has 5 nitrogen and oxygen atoms in total. The molecule has 2 aromatic carbocycles. The van der Waals surface area contributed by atoms with Crippen molar-refractivity contribution in [3.05, 3.63) is 65.2 Å². The Balaban J connectivity index is 2.04. The lowest BCUT2D eigenvalue weighted by Crippen LogP contribution is -2.29. The van der Waals surface area contributed by atoms with Gasteiger partial charge in [0.05, 0.1) is 11.9 Å². The predicted octanol–water partition coefficient (Wildman–Crippen LogP) is 2.71. The monoisotopic (exact) mass is 346 g/mol. The third kappa shape index (κ3) is 4.58. The third-order valence-corrected chi connectivity index (χ3v) is 4.95. The van der Waals surface area contributed by atoms with Gasteiger partial charge >= 0.3 is 0 Å². The zero-order valence-electron chi connectivity index (χ0n) is 14.1. The Labute approximate surface area is 143 Å². The molecule has 0 heterocycles. The van der Waals surface area contributed by atoms with Crippen LogP contribution in [0.2, 0.25) is 0 Å². The molecule has 0 atom stereocenters. The molecule has 0 radical (unpaired) electrons. The minimum Gasteiger partial charge on any atom is -0.348 e. The minimum absolute atomic E-state index is 0.190. The van der Waals surface area contributed by atoms with Gasteiger partial charge < -0.3 is 5.32 Å². The second-order valence-electron chi connectivity index (χ2n) is 5.64. The van der Waals surface area contributed by atoms with Crippen LogP contribution in [0.3, 0.4) is 0 Å². The topological polar surface area (TPSA) is 66.5 Å². The van der Waals surface area contributed by atoms with Gasteiger partial charge in [0, 0.05) is 18.7 Å². The summed E-state index contributed by atoms with van der Waals surface area (Å²) in [5.41, 5.74) is 3.25. The number of carbonyl (C=O) groups is 1. The summed E-state index contributed by atoms with van der Waals surface area (Å²) >= 11 is 0. The van der Waals surface area contributed by atoms with Crippen molar-refractivity contribution in [3.63, 3.8) is 0 Å². The summed E-state index contributed by atoms with van der Waals surface area (Å²) in [5, 5.41) is 2.86. The van der Waals surface area contributed by atoms with E-state index in [0.717, 1.165) is 5.56 Å². The molecule has 0 aromatic heterocycles. The maximum atomic E-state index is 12.2. The van der Waals surface area contributed by atoms with Crippen molar-refractivity contribution in [2.45, 2.75) is 20.4 Å². The average molecular weight is 346 g/mol. The Kier molecular flexibility index (Phi) is 5.62. The van der Waals surface area contributed by atoms with Gasteiger partial charge in [0.25, 0.3) is 5.91 Å². The van der Waals surface area contributed by atoms with Gasteiger partial charge in [-0.25, -0.2) is 8.42 Å². The highest BCUT2D eigenvalue weighted by Gasteiger charge is 2.15. The number of nitrogens with zero attached hydrogens (tertiary/aromatic N) is 1. The molecule has 128 valence electrons.